The van der Waals surface area contributed by atoms with Gasteiger partial charge in [-0.15, -0.1) is 0 Å². The predicted octanol–water partition coefficient (Wildman–Crippen LogP) is 11.3. The van der Waals surface area contributed by atoms with Gasteiger partial charge in [0.25, 0.3) is 0 Å². The SMILES string of the molecule is CC/C=C\C/C=C\CC(O)/C=C/C=C\C/C=C\C/C=C\CCC(=O)O[C@H](COC(=O)CCCC/C=C\C/C=C\C/C=C\CCCCC)COP(=O)(O)OCC[N+](C)(C)C. The molecule has 0 aromatic heterocycles. The number of aliphatic hydroxyl groups excluding tert-OH is 1. The number of hydrogen-bond donors (Lipinski definition) is 2. The molecule has 0 bridgehead atoms. The maximum Gasteiger partial charge on any atom is 0.472 e. The molecule has 0 aliphatic heterocycles. The molecule has 0 spiro atoms. The first-order chi connectivity index (χ1) is 28.4. The highest BCUT2D eigenvalue weighted by Gasteiger charge is 2.27. The van der Waals surface area contributed by atoms with E-state index in [2.05, 4.69) is 68.5 Å². The van der Waals surface area contributed by atoms with Crippen LogP contribution in [0.4, 0.5) is 0 Å². The highest BCUT2D eigenvalue weighted by molar-refractivity contribution is 7.47. The smallest absolute Gasteiger partial charge is 0.462 e. The number of allylic oxidation sites excluding steroid dienone is 16. The fourth-order valence-corrected chi connectivity index (χ4v) is 5.69. The Morgan fingerprint density at radius 3 is 1.80 bits per heavy atom. The maximum atomic E-state index is 12.7. The van der Waals surface area contributed by atoms with Crippen LogP contribution >= 0.6 is 7.82 Å². The van der Waals surface area contributed by atoms with Crippen LogP contribution in [0.3, 0.4) is 0 Å². The van der Waals surface area contributed by atoms with Gasteiger partial charge in [-0.25, -0.2) is 4.57 Å². The minimum atomic E-state index is -4.42. The average Bonchev–Trinajstić information content (AvgIpc) is 3.18. The summed E-state index contributed by atoms with van der Waals surface area (Å²) in [6.07, 6.45) is 49.0. The normalized spacial score (nSPS) is 15.2. The molecule has 0 amide bonds. The van der Waals surface area contributed by atoms with Crippen molar-refractivity contribution in [3.8, 4) is 0 Å². The van der Waals surface area contributed by atoms with Crippen molar-refractivity contribution in [2.75, 3.05) is 47.5 Å². The molecule has 0 aromatic carbocycles. The van der Waals surface area contributed by atoms with E-state index >= 15 is 0 Å². The second kappa shape index (κ2) is 38.8. The number of carbonyl (C=O) groups excluding carboxylic acids is 2. The topological polar surface area (TPSA) is 129 Å². The fourth-order valence-electron chi connectivity index (χ4n) is 4.95. The van der Waals surface area contributed by atoms with E-state index in [1.54, 1.807) is 6.08 Å². The summed E-state index contributed by atoms with van der Waals surface area (Å²) < 4.78 is 34.1. The second-order valence-electron chi connectivity index (χ2n) is 15.2. The summed E-state index contributed by atoms with van der Waals surface area (Å²) in [6, 6.07) is 0. The monoisotopic (exact) mass is 845 g/mol. The van der Waals surface area contributed by atoms with E-state index < -0.39 is 38.6 Å². The highest BCUT2D eigenvalue weighted by atomic mass is 31.2. The van der Waals surface area contributed by atoms with E-state index in [-0.39, 0.29) is 26.1 Å². The maximum absolute atomic E-state index is 12.7. The van der Waals surface area contributed by atoms with Gasteiger partial charge in [-0.3, -0.25) is 18.6 Å². The second-order valence-corrected chi connectivity index (χ2v) is 16.6. The van der Waals surface area contributed by atoms with Crippen LogP contribution in [0, 0.1) is 0 Å². The highest BCUT2D eigenvalue weighted by Crippen LogP contribution is 2.43. The number of phosphoric ester groups is 1. The van der Waals surface area contributed by atoms with Crippen molar-refractivity contribution in [3.63, 3.8) is 0 Å². The lowest BCUT2D eigenvalue weighted by molar-refractivity contribution is -0.870. The minimum Gasteiger partial charge on any atom is -0.462 e. The molecule has 11 heteroatoms. The summed E-state index contributed by atoms with van der Waals surface area (Å²) in [7, 11) is 1.36. The Bertz CT molecular complexity index is 1380. The van der Waals surface area contributed by atoms with Crippen LogP contribution in [0.25, 0.3) is 0 Å². The van der Waals surface area contributed by atoms with Crippen molar-refractivity contribution in [1.29, 1.82) is 0 Å². The molecule has 334 valence electrons. The molecule has 0 heterocycles. The Morgan fingerprint density at radius 2 is 1.19 bits per heavy atom. The Hall–Kier alpha value is -3.37. The Kier molecular flexibility index (Phi) is 36.6. The number of hydrogen-bond acceptors (Lipinski definition) is 8. The summed E-state index contributed by atoms with van der Waals surface area (Å²) in [6.45, 7) is 4.02. The van der Waals surface area contributed by atoms with E-state index in [1.165, 1.54) is 19.3 Å². The number of esters is 2. The van der Waals surface area contributed by atoms with Gasteiger partial charge in [0.1, 0.15) is 19.8 Å². The number of ether oxygens (including phenoxy) is 2. The molecule has 0 saturated heterocycles. The Morgan fingerprint density at radius 1 is 0.627 bits per heavy atom. The first-order valence-corrected chi connectivity index (χ1v) is 23.2. The van der Waals surface area contributed by atoms with Gasteiger partial charge < -0.3 is 24.0 Å². The van der Waals surface area contributed by atoms with E-state index in [0.717, 1.165) is 51.4 Å². The van der Waals surface area contributed by atoms with Crippen LogP contribution in [-0.4, -0.2) is 86.1 Å². The van der Waals surface area contributed by atoms with Crippen molar-refractivity contribution in [2.45, 2.75) is 135 Å². The van der Waals surface area contributed by atoms with Crippen LogP contribution in [0.5, 0.6) is 0 Å². The fraction of sp³-hybridized carbons (Fsp3) is 0.583. The summed E-state index contributed by atoms with van der Waals surface area (Å²) in [4.78, 5) is 35.3. The quantitative estimate of drug-likeness (QED) is 0.0157. The lowest BCUT2D eigenvalue weighted by Crippen LogP contribution is -2.37. The number of aliphatic hydroxyl groups is 1. The zero-order chi connectivity index (χ0) is 43.7. The van der Waals surface area contributed by atoms with Crippen LogP contribution in [0.2, 0.25) is 0 Å². The first kappa shape index (κ1) is 55.6. The zero-order valence-electron chi connectivity index (χ0n) is 37.0. The third kappa shape index (κ3) is 42.6. The molecule has 0 saturated carbocycles. The molecule has 0 aliphatic carbocycles. The van der Waals surface area contributed by atoms with E-state index in [1.807, 2.05) is 69.8 Å². The predicted molar refractivity (Wildman–Crippen MR) is 244 cm³/mol. The van der Waals surface area contributed by atoms with E-state index in [9.17, 15) is 24.2 Å². The summed E-state index contributed by atoms with van der Waals surface area (Å²) in [5, 5.41) is 10.0. The molecule has 2 N–H and O–H groups in total. The molecule has 0 aromatic rings. The van der Waals surface area contributed by atoms with Gasteiger partial charge in [0.15, 0.2) is 6.10 Å². The van der Waals surface area contributed by atoms with Crippen molar-refractivity contribution < 1.29 is 47.2 Å². The van der Waals surface area contributed by atoms with E-state index in [4.69, 9.17) is 18.5 Å². The molecule has 0 fully saturated rings. The van der Waals surface area contributed by atoms with Crippen LogP contribution < -0.4 is 0 Å². The summed E-state index contributed by atoms with van der Waals surface area (Å²) in [5.41, 5.74) is 0. The number of unbranched alkanes of at least 4 members (excludes halogenated alkanes) is 5. The van der Waals surface area contributed by atoms with Gasteiger partial charge in [-0.05, 0) is 83.5 Å². The number of quaternary nitrogens is 1. The van der Waals surface area contributed by atoms with Crippen LogP contribution in [0.1, 0.15) is 123 Å². The lowest BCUT2D eigenvalue weighted by atomic mass is 10.1. The first-order valence-electron chi connectivity index (χ1n) is 21.7. The number of rotatable bonds is 37. The van der Waals surface area contributed by atoms with Crippen LogP contribution in [0.15, 0.2) is 109 Å². The number of nitrogens with zero attached hydrogens (tertiary/aromatic N) is 1. The Labute approximate surface area is 358 Å². The number of phosphoric acid groups is 1. The molecule has 0 radical (unpaired) electrons. The number of carbonyl (C=O) groups is 2. The minimum absolute atomic E-state index is 0.00380. The lowest BCUT2D eigenvalue weighted by Gasteiger charge is -2.24. The van der Waals surface area contributed by atoms with Crippen LogP contribution in [-0.2, 0) is 32.7 Å². The largest absolute Gasteiger partial charge is 0.472 e. The molecule has 59 heavy (non-hydrogen) atoms. The molecular formula is C48H79NO9P+. The molecule has 2 unspecified atom stereocenters. The van der Waals surface area contributed by atoms with E-state index in [0.29, 0.717) is 36.7 Å². The molecule has 0 aliphatic rings. The molecule has 0 rings (SSSR count). The van der Waals surface area contributed by atoms with Gasteiger partial charge in [0.2, 0.25) is 0 Å². The van der Waals surface area contributed by atoms with Crippen molar-refractivity contribution in [2.24, 2.45) is 0 Å². The summed E-state index contributed by atoms with van der Waals surface area (Å²) in [5.74, 6) is -0.985. The van der Waals surface area contributed by atoms with Gasteiger partial charge in [0, 0.05) is 12.8 Å². The van der Waals surface area contributed by atoms with Gasteiger partial charge in [-0.2, -0.15) is 0 Å². The molecule has 3 atom stereocenters. The number of likely N-dealkylation sites (N-methyl/N-ethyl adjacent to an activating group) is 1. The van der Waals surface area contributed by atoms with Crippen molar-refractivity contribution >= 4 is 19.8 Å². The van der Waals surface area contributed by atoms with Gasteiger partial charge in [0.05, 0.1) is 33.9 Å². The third-order valence-electron chi connectivity index (χ3n) is 8.38. The van der Waals surface area contributed by atoms with Gasteiger partial charge in [-0.1, -0.05) is 136 Å². The third-order valence-corrected chi connectivity index (χ3v) is 9.37. The molecule has 10 nitrogen and oxygen atoms in total. The van der Waals surface area contributed by atoms with Crippen molar-refractivity contribution in [3.05, 3.63) is 109 Å². The van der Waals surface area contributed by atoms with Crippen molar-refractivity contribution in [1.82, 2.24) is 0 Å². The standard InChI is InChI=1S/C48H78NO9P/c1-6-8-10-12-14-15-16-17-18-19-20-24-27-31-35-39-47(51)55-43-46(44-57-59(53,54)56-42-41-49(3,4)5)58-48(52)40-36-32-28-25-22-21-23-26-30-34-38-45(50)37-33-29-13-11-9-7-2/h9,11,14-15,17-18,20-22,24,26,28-30,32-34,38,45-46,50H,6-8,10,12-13,16,19,23,25,27,31,35-37,39-44H2,1-5H3/p+1/b11-9-,15-14-,18-17-,22-21-,24-20-,30-26-,32-28-,33-29-,38-34+/t45?,46-/m1/s1. The summed E-state index contributed by atoms with van der Waals surface area (Å²) >= 11 is 0. The zero-order valence-corrected chi connectivity index (χ0v) is 37.9. The van der Waals surface area contributed by atoms with Gasteiger partial charge >= 0.3 is 19.8 Å². The molecular weight excluding hydrogens is 766 g/mol. The Balaban J connectivity index is 4.65. The average molecular weight is 845 g/mol.